The van der Waals surface area contributed by atoms with Crippen molar-refractivity contribution in [2.75, 3.05) is 47.1 Å². The van der Waals surface area contributed by atoms with Crippen LogP contribution in [0.4, 0.5) is 4.39 Å². The highest BCUT2D eigenvalue weighted by Gasteiger charge is 2.24. The molecule has 2 rings (SSSR count). The Hall–Kier alpha value is -0.850. The lowest BCUT2D eigenvalue weighted by atomic mass is 10.0. The number of nitrogens with zero attached hydrogens (tertiary/aromatic N) is 1. The minimum Gasteiger partial charge on any atom is -0.495 e. The van der Waals surface area contributed by atoms with Crippen LogP contribution in [0.5, 0.6) is 11.5 Å². The first-order chi connectivity index (χ1) is 9.71. The van der Waals surface area contributed by atoms with Crippen LogP contribution in [0.1, 0.15) is 11.6 Å². The molecule has 0 spiro atoms. The lowest BCUT2D eigenvalue weighted by Crippen LogP contribution is -2.45. The van der Waals surface area contributed by atoms with E-state index in [1.165, 1.54) is 0 Å². The molecule has 4 nitrogen and oxygen atoms in total. The zero-order valence-electron chi connectivity index (χ0n) is 11.8. The molecule has 112 valence electrons. The number of hydrogen-bond donors (Lipinski definition) is 1. The standard InChI is InChI=1S/C14H20BrFN2O2/c1-19-12-7-10(8-13(20-2)14(12)15)11(9-16)18-5-3-17-4-6-18/h7-8,11,17H,3-6,9H2,1-2H3/t11-/m0/s1. The van der Waals surface area contributed by atoms with Crippen molar-refractivity contribution in [3.8, 4) is 11.5 Å². The molecule has 0 radical (unpaired) electrons. The summed E-state index contributed by atoms with van der Waals surface area (Å²) in [5, 5.41) is 3.28. The van der Waals surface area contributed by atoms with E-state index in [0.717, 1.165) is 36.2 Å². The van der Waals surface area contributed by atoms with Crippen LogP contribution >= 0.6 is 15.9 Å². The molecule has 20 heavy (non-hydrogen) atoms. The first-order valence-electron chi connectivity index (χ1n) is 6.63. The summed E-state index contributed by atoms with van der Waals surface area (Å²) in [6.07, 6.45) is 0. The van der Waals surface area contributed by atoms with Crippen LogP contribution in [-0.4, -0.2) is 52.0 Å². The summed E-state index contributed by atoms with van der Waals surface area (Å²) < 4.78 is 25.0. The molecule has 0 aliphatic carbocycles. The molecule has 1 N–H and O–H groups in total. The quantitative estimate of drug-likeness (QED) is 0.887. The van der Waals surface area contributed by atoms with Gasteiger partial charge in [0.25, 0.3) is 0 Å². The number of alkyl halides is 1. The Morgan fingerprint density at radius 1 is 1.25 bits per heavy atom. The summed E-state index contributed by atoms with van der Waals surface area (Å²) in [7, 11) is 3.19. The summed E-state index contributed by atoms with van der Waals surface area (Å²) in [5.41, 5.74) is 0.881. The molecule has 0 saturated carbocycles. The average Bonchev–Trinajstić information content (AvgIpc) is 2.50. The zero-order chi connectivity index (χ0) is 14.5. The van der Waals surface area contributed by atoms with Gasteiger partial charge in [0.1, 0.15) is 22.6 Å². The second-order valence-corrected chi connectivity index (χ2v) is 5.49. The van der Waals surface area contributed by atoms with Crippen molar-refractivity contribution in [3.05, 3.63) is 22.2 Å². The highest BCUT2D eigenvalue weighted by Crippen LogP contribution is 2.38. The maximum Gasteiger partial charge on any atom is 0.137 e. The summed E-state index contributed by atoms with van der Waals surface area (Å²) >= 11 is 3.44. The van der Waals surface area contributed by atoms with Crippen LogP contribution in [0.25, 0.3) is 0 Å². The van der Waals surface area contributed by atoms with Gasteiger partial charge in [-0.3, -0.25) is 4.90 Å². The van der Waals surface area contributed by atoms with Gasteiger partial charge in [-0.1, -0.05) is 0 Å². The third kappa shape index (κ3) is 3.24. The molecular weight excluding hydrogens is 327 g/mol. The Balaban J connectivity index is 2.33. The smallest absolute Gasteiger partial charge is 0.137 e. The monoisotopic (exact) mass is 346 g/mol. The number of ether oxygens (including phenoxy) is 2. The Labute approximate surface area is 127 Å². The molecule has 1 aliphatic rings. The maximum atomic E-state index is 13.5. The number of nitrogens with one attached hydrogen (secondary N) is 1. The second-order valence-electron chi connectivity index (χ2n) is 4.70. The molecule has 0 amide bonds. The lowest BCUT2D eigenvalue weighted by molar-refractivity contribution is 0.147. The number of halogens is 2. The fourth-order valence-electron chi connectivity index (χ4n) is 2.47. The molecule has 0 aromatic heterocycles. The maximum absolute atomic E-state index is 13.5. The molecule has 0 bridgehead atoms. The van der Waals surface area contributed by atoms with E-state index in [4.69, 9.17) is 9.47 Å². The van der Waals surface area contributed by atoms with Gasteiger partial charge in [0.2, 0.25) is 0 Å². The van der Waals surface area contributed by atoms with Crippen molar-refractivity contribution in [3.63, 3.8) is 0 Å². The highest BCUT2D eigenvalue weighted by atomic mass is 79.9. The van der Waals surface area contributed by atoms with Crippen LogP contribution < -0.4 is 14.8 Å². The number of methoxy groups -OCH3 is 2. The number of rotatable bonds is 5. The SMILES string of the molecule is COc1cc([C@H](CF)N2CCNCC2)cc(OC)c1Br. The van der Waals surface area contributed by atoms with E-state index in [2.05, 4.69) is 26.1 Å². The van der Waals surface area contributed by atoms with Crippen molar-refractivity contribution >= 4 is 15.9 Å². The molecular formula is C14H20BrFN2O2. The Kier molecular flexibility index (Phi) is 5.63. The van der Waals surface area contributed by atoms with Crippen molar-refractivity contribution < 1.29 is 13.9 Å². The third-order valence-corrected chi connectivity index (χ3v) is 4.37. The molecule has 0 unspecified atom stereocenters. The van der Waals surface area contributed by atoms with E-state index >= 15 is 0 Å². The van der Waals surface area contributed by atoms with Gasteiger partial charge in [-0.25, -0.2) is 4.39 Å². The fourth-order valence-corrected chi connectivity index (χ4v) is 3.03. The summed E-state index contributed by atoms with van der Waals surface area (Å²) in [5.74, 6) is 1.32. The highest BCUT2D eigenvalue weighted by molar-refractivity contribution is 9.10. The van der Waals surface area contributed by atoms with Gasteiger partial charge in [-0.2, -0.15) is 0 Å². The number of benzene rings is 1. The van der Waals surface area contributed by atoms with Crippen LogP contribution in [0.15, 0.2) is 16.6 Å². The molecule has 1 fully saturated rings. The van der Waals surface area contributed by atoms with Crippen LogP contribution in [0.3, 0.4) is 0 Å². The van der Waals surface area contributed by atoms with Crippen molar-refractivity contribution in [1.82, 2.24) is 10.2 Å². The van der Waals surface area contributed by atoms with Gasteiger partial charge in [-0.05, 0) is 33.6 Å². The Bertz CT molecular complexity index is 428. The first kappa shape index (κ1) is 15.5. The predicted molar refractivity (Wildman–Crippen MR) is 80.4 cm³/mol. The first-order valence-corrected chi connectivity index (χ1v) is 7.42. The van der Waals surface area contributed by atoms with E-state index in [9.17, 15) is 4.39 Å². The topological polar surface area (TPSA) is 33.7 Å². The average molecular weight is 347 g/mol. The number of piperazine rings is 1. The molecule has 1 saturated heterocycles. The normalized spacial score (nSPS) is 17.8. The predicted octanol–water partition coefficient (Wildman–Crippen LogP) is 2.38. The van der Waals surface area contributed by atoms with E-state index in [-0.39, 0.29) is 6.04 Å². The van der Waals surface area contributed by atoms with E-state index in [1.54, 1.807) is 14.2 Å². The van der Waals surface area contributed by atoms with Gasteiger partial charge in [0.15, 0.2) is 0 Å². The van der Waals surface area contributed by atoms with Crippen LogP contribution in [-0.2, 0) is 0 Å². The molecule has 1 heterocycles. The minimum absolute atomic E-state index is 0.256. The van der Waals surface area contributed by atoms with Crippen LogP contribution in [0.2, 0.25) is 0 Å². The van der Waals surface area contributed by atoms with Gasteiger partial charge < -0.3 is 14.8 Å². The van der Waals surface area contributed by atoms with E-state index in [0.29, 0.717) is 11.5 Å². The van der Waals surface area contributed by atoms with Crippen LogP contribution in [0, 0.1) is 0 Å². The van der Waals surface area contributed by atoms with Gasteiger partial charge >= 0.3 is 0 Å². The molecule has 1 aromatic carbocycles. The lowest BCUT2D eigenvalue weighted by Gasteiger charge is -2.34. The third-order valence-electron chi connectivity index (χ3n) is 3.59. The Morgan fingerprint density at radius 3 is 2.25 bits per heavy atom. The van der Waals surface area contributed by atoms with E-state index < -0.39 is 6.67 Å². The van der Waals surface area contributed by atoms with Gasteiger partial charge in [0, 0.05) is 26.2 Å². The van der Waals surface area contributed by atoms with Crippen molar-refractivity contribution in [2.45, 2.75) is 6.04 Å². The fraction of sp³-hybridized carbons (Fsp3) is 0.571. The summed E-state index contributed by atoms with van der Waals surface area (Å²) in [6.45, 7) is 3.04. The molecule has 1 aromatic rings. The van der Waals surface area contributed by atoms with Crippen molar-refractivity contribution in [2.24, 2.45) is 0 Å². The summed E-state index contributed by atoms with van der Waals surface area (Å²) in [6, 6.07) is 3.49. The van der Waals surface area contributed by atoms with E-state index in [1.807, 2.05) is 12.1 Å². The molecule has 1 aliphatic heterocycles. The number of hydrogen-bond acceptors (Lipinski definition) is 4. The van der Waals surface area contributed by atoms with Crippen molar-refractivity contribution in [1.29, 1.82) is 0 Å². The molecule has 1 atom stereocenters. The second kappa shape index (κ2) is 7.24. The molecule has 6 heteroatoms. The largest absolute Gasteiger partial charge is 0.495 e. The summed E-state index contributed by atoms with van der Waals surface area (Å²) in [4.78, 5) is 2.15. The zero-order valence-corrected chi connectivity index (χ0v) is 13.4. The van der Waals surface area contributed by atoms with Gasteiger partial charge in [-0.15, -0.1) is 0 Å². The minimum atomic E-state index is -0.423. The Morgan fingerprint density at radius 2 is 1.80 bits per heavy atom. The van der Waals surface area contributed by atoms with Gasteiger partial charge in [0.05, 0.1) is 20.3 Å².